The van der Waals surface area contributed by atoms with Gasteiger partial charge < -0.3 is 19.7 Å². The average Bonchev–Trinajstić information content (AvgIpc) is 3.05. The Kier molecular flexibility index (Phi) is 6.29. The van der Waals surface area contributed by atoms with Gasteiger partial charge in [-0.25, -0.2) is 13.6 Å². The van der Waals surface area contributed by atoms with E-state index in [1.165, 1.54) is 12.1 Å². The zero-order chi connectivity index (χ0) is 21.1. The van der Waals surface area contributed by atoms with E-state index >= 15 is 0 Å². The number of rotatable bonds is 6. The van der Waals surface area contributed by atoms with Crippen LogP contribution in [0.4, 0.5) is 8.78 Å². The summed E-state index contributed by atoms with van der Waals surface area (Å²) >= 11 is 0. The van der Waals surface area contributed by atoms with Crippen LogP contribution >= 0.6 is 0 Å². The van der Waals surface area contributed by atoms with Crippen molar-refractivity contribution in [2.24, 2.45) is 5.92 Å². The van der Waals surface area contributed by atoms with Gasteiger partial charge in [0, 0.05) is 17.2 Å². The fraction of sp³-hybridized carbons (Fsp3) is 0.300. The van der Waals surface area contributed by atoms with Crippen molar-refractivity contribution in [3.8, 4) is 0 Å². The predicted molar refractivity (Wildman–Crippen MR) is 101 cm³/mol. The molecule has 1 aliphatic rings. The molecular formula is C20H20BF2NO5. The molecule has 2 aromatic rings. The van der Waals surface area contributed by atoms with Crippen LogP contribution in [0.25, 0.3) is 0 Å². The Morgan fingerprint density at radius 2 is 2.00 bits per heavy atom. The van der Waals surface area contributed by atoms with Crippen LogP contribution in [0.15, 0.2) is 36.4 Å². The summed E-state index contributed by atoms with van der Waals surface area (Å²) in [5.41, 5.74) is 1.58. The van der Waals surface area contributed by atoms with Crippen LogP contribution in [0.3, 0.4) is 0 Å². The summed E-state index contributed by atoms with van der Waals surface area (Å²) in [5.74, 6) is -3.10. The normalized spacial score (nSPS) is 13.9. The van der Waals surface area contributed by atoms with Gasteiger partial charge in [0.2, 0.25) is 0 Å². The molecule has 2 N–H and O–H groups in total. The van der Waals surface area contributed by atoms with Crippen LogP contribution in [0.2, 0.25) is 0 Å². The Bertz CT molecular complexity index is 937. The highest BCUT2D eigenvalue weighted by Gasteiger charge is 2.30. The van der Waals surface area contributed by atoms with Crippen molar-refractivity contribution in [3.05, 3.63) is 64.7 Å². The second-order valence-corrected chi connectivity index (χ2v) is 7.12. The first kappa shape index (κ1) is 20.9. The summed E-state index contributed by atoms with van der Waals surface area (Å²) in [4.78, 5) is 25.0. The van der Waals surface area contributed by atoms with E-state index < -0.39 is 36.7 Å². The van der Waals surface area contributed by atoms with Crippen molar-refractivity contribution in [3.63, 3.8) is 0 Å². The van der Waals surface area contributed by atoms with E-state index in [-0.39, 0.29) is 30.3 Å². The Morgan fingerprint density at radius 1 is 1.24 bits per heavy atom. The zero-order valence-corrected chi connectivity index (χ0v) is 15.9. The highest BCUT2D eigenvalue weighted by molar-refractivity contribution is 6.61. The van der Waals surface area contributed by atoms with Crippen LogP contribution < -0.4 is 10.8 Å². The molecule has 29 heavy (non-hydrogen) atoms. The van der Waals surface area contributed by atoms with Crippen LogP contribution in [0.1, 0.15) is 35.3 Å². The lowest BCUT2D eigenvalue weighted by Gasteiger charge is -2.21. The predicted octanol–water partition coefficient (Wildman–Crippen LogP) is 1.68. The van der Waals surface area contributed by atoms with Crippen LogP contribution in [0, 0.1) is 17.6 Å². The Morgan fingerprint density at radius 3 is 2.69 bits per heavy atom. The Labute approximate surface area is 167 Å². The minimum atomic E-state index is -1.09. The van der Waals surface area contributed by atoms with Crippen molar-refractivity contribution in [1.29, 1.82) is 0 Å². The topological polar surface area (TPSA) is 84.9 Å². The molecule has 0 spiro atoms. The first-order valence-corrected chi connectivity index (χ1v) is 9.10. The van der Waals surface area contributed by atoms with Crippen molar-refractivity contribution in [2.45, 2.75) is 33.1 Å². The molecule has 1 heterocycles. The van der Waals surface area contributed by atoms with E-state index in [9.17, 15) is 23.4 Å². The molecule has 1 amide bonds. The molecule has 0 radical (unpaired) electrons. The molecule has 0 bridgehead atoms. The zero-order valence-electron chi connectivity index (χ0n) is 15.9. The molecule has 6 nitrogen and oxygen atoms in total. The monoisotopic (exact) mass is 403 g/mol. The number of carbonyl (C=O) groups is 2. The highest BCUT2D eigenvalue weighted by atomic mass is 19.1. The number of hydrogen-bond donors (Lipinski definition) is 2. The summed E-state index contributed by atoms with van der Waals surface area (Å²) < 4.78 is 36.9. The molecular weight excluding hydrogens is 383 g/mol. The molecule has 3 rings (SSSR count). The van der Waals surface area contributed by atoms with Gasteiger partial charge >= 0.3 is 13.1 Å². The number of fused-ring (bicyclic) bond motifs is 1. The molecule has 0 fully saturated rings. The number of carbonyl (C=O) groups excluding carboxylic acids is 2. The largest absolute Gasteiger partial charge is 0.491 e. The third-order valence-electron chi connectivity index (χ3n) is 4.66. The fourth-order valence-electron chi connectivity index (χ4n) is 2.96. The maximum Gasteiger partial charge on any atom is 0.491 e. The van der Waals surface area contributed by atoms with Gasteiger partial charge in [0.1, 0.15) is 24.3 Å². The van der Waals surface area contributed by atoms with Gasteiger partial charge in [0.25, 0.3) is 5.91 Å². The molecule has 1 unspecified atom stereocenters. The highest BCUT2D eigenvalue weighted by Crippen LogP contribution is 2.14. The summed E-state index contributed by atoms with van der Waals surface area (Å²) in [6.07, 6.45) is 0. The molecule has 9 heteroatoms. The van der Waals surface area contributed by atoms with E-state index in [0.717, 1.165) is 11.6 Å². The average molecular weight is 403 g/mol. The molecule has 0 saturated heterocycles. The molecule has 2 aromatic carbocycles. The second-order valence-electron chi connectivity index (χ2n) is 7.12. The number of hydrogen-bond acceptors (Lipinski definition) is 5. The molecule has 0 saturated carbocycles. The molecule has 1 atom stereocenters. The lowest BCUT2D eigenvalue weighted by Crippen LogP contribution is -2.45. The van der Waals surface area contributed by atoms with Crippen LogP contribution in [0.5, 0.6) is 0 Å². The maximum absolute atomic E-state index is 13.7. The van der Waals surface area contributed by atoms with E-state index in [4.69, 9.17) is 9.39 Å². The van der Waals surface area contributed by atoms with Crippen molar-refractivity contribution in [2.75, 3.05) is 0 Å². The minimum absolute atomic E-state index is 0.0289. The first-order valence-electron chi connectivity index (χ1n) is 9.10. The van der Waals surface area contributed by atoms with E-state index in [0.29, 0.717) is 11.5 Å². The molecule has 152 valence electrons. The number of halogens is 2. The number of nitrogens with one attached hydrogen (secondary N) is 1. The summed E-state index contributed by atoms with van der Waals surface area (Å²) in [5, 5.41) is 12.4. The van der Waals surface area contributed by atoms with E-state index in [1.807, 2.05) is 0 Å². The van der Waals surface area contributed by atoms with Crippen molar-refractivity contribution in [1.82, 2.24) is 5.32 Å². The van der Waals surface area contributed by atoms with Gasteiger partial charge in [-0.2, -0.15) is 0 Å². The van der Waals surface area contributed by atoms with Gasteiger partial charge in [-0.3, -0.25) is 4.79 Å². The lowest BCUT2D eigenvalue weighted by molar-refractivity contribution is -0.148. The summed E-state index contributed by atoms with van der Waals surface area (Å²) in [7, 11) is -1.09. The second kappa shape index (κ2) is 8.71. The van der Waals surface area contributed by atoms with Crippen molar-refractivity contribution < 1.29 is 32.8 Å². The van der Waals surface area contributed by atoms with E-state index in [2.05, 4.69) is 5.32 Å². The number of amides is 1. The minimum Gasteiger partial charge on any atom is -0.459 e. The molecule has 0 aromatic heterocycles. The summed E-state index contributed by atoms with van der Waals surface area (Å²) in [6.45, 7) is 3.33. The van der Waals surface area contributed by atoms with Gasteiger partial charge in [-0.05, 0) is 41.2 Å². The van der Waals surface area contributed by atoms with Crippen molar-refractivity contribution >= 4 is 24.5 Å². The molecule has 1 aliphatic heterocycles. The maximum atomic E-state index is 13.7. The number of benzene rings is 2. The standard InChI is InChI=1S/C20H20BF2NO5/c1-11(2)18(20(26)28-9-14-5-6-15(22)8-17(14)23)24-19(25)12-3-4-13-10-29-21(27)16(13)7-12/h3-8,11,18,27H,9-10H2,1-2H3,(H,24,25). The lowest BCUT2D eigenvalue weighted by atomic mass is 9.78. The van der Waals surface area contributed by atoms with E-state index in [1.54, 1.807) is 26.0 Å². The third kappa shape index (κ3) is 4.80. The van der Waals surface area contributed by atoms with Gasteiger partial charge in [0.05, 0.1) is 6.61 Å². The number of esters is 1. The number of ether oxygens (including phenoxy) is 1. The van der Waals surface area contributed by atoms with Gasteiger partial charge in [0.15, 0.2) is 0 Å². The Hall–Kier alpha value is -2.78. The van der Waals surface area contributed by atoms with Gasteiger partial charge in [-0.15, -0.1) is 0 Å². The first-order chi connectivity index (χ1) is 13.8. The summed E-state index contributed by atoms with van der Waals surface area (Å²) in [6, 6.07) is 6.77. The Balaban J connectivity index is 1.67. The SMILES string of the molecule is CC(C)C(NC(=O)c1ccc2c(c1)B(O)OC2)C(=O)OCc1ccc(F)cc1F. The van der Waals surface area contributed by atoms with Gasteiger partial charge in [-0.1, -0.05) is 19.9 Å². The quantitative estimate of drug-likeness (QED) is 0.567. The third-order valence-corrected chi connectivity index (χ3v) is 4.66. The van der Waals surface area contributed by atoms with Crippen LogP contribution in [-0.4, -0.2) is 30.1 Å². The van der Waals surface area contributed by atoms with Crippen LogP contribution in [-0.2, 0) is 27.4 Å². The smallest absolute Gasteiger partial charge is 0.459 e. The molecule has 0 aliphatic carbocycles. The fourth-order valence-corrected chi connectivity index (χ4v) is 2.96.